The molecule has 0 saturated carbocycles. The summed E-state index contributed by atoms with van der Waals surface area (Å²) in [5.74, 6) is -2.65. The van der Waals surface area contributed by atoms with Gasteiger partial charge in [0.15, 0.2) is 0 Å². The molecule has 5 nitrogen and oxygen atoms in total. The quantitative estimate of drug-likeness (QED) is 0.883. The van der Waals surface area contributed by atoms with E-state index in [1.54, 1.807) is 0 Å². The number of hydrogen-bond donors (Lipinski definition) is 1. The number of halogens is 2. The summed E-state index contributed by atoms with van der Waals surface area (Å²) in [7, 11) is 0. The van der Waals surface area contributed by atoms with E-state index in [1.807, 2.05) is 0 Å². The maximum atomic E-state index is 13.8. The Kier molecular flexibility index (Phi) is 3.82. The second-order valence-electron chi connectivity index (χ2n) is 5.73. The zero-order valence-electron chi connectivity index (χ0n) is 11.8. The van der Waals surface area contributed by atoms with E-state index in [1.165, 1.54) is 15.9 Å². The molecule has 2 heterocycles. The van der Waals surface area contributed by atoms with Crippen LogP contribution < -0.4 is 4.90 Å². The molecule has 2 aliphatic heterocycles. The molecule has 0 spiro atoms. The molecule has 1 unspecified atom stereocenters. The van der Waals surface area contributed by atoms with E-state index in [0.29, 0.717) is 19.0 Å². The highest BCUT2D eigenvalue weighted by molar-refractivity contribution is 6.00. The number of rotatable bonds is 2. The SMILES string of the molecule is O=C(C1CC(=O)N(c2ccc(F)cc2F)C1)N1CC[C@H](O)C1. The van der Waals surface area contributed by atoms with Gasteiger partial charge in [-0.15, -0.1) is 0 Å². The van der Waals surface area contributed by atoms with Gasteiger partial charge >= 0.3 is 0 Å². The van der Waals surface area contributed by atoms with Gasteiger partial charge < -0.3 is 14.9 Å². The molecule has 118 valence electrons. The van der Waals surface area contributed by atoms with Gasteiger partial charge in [0, 0.05) is 32.1 Å². The van der Waals surface area contributed by atoms with Crippen molar-refractivity contribution in [3.05, 3.63) is 29.8 Å². The Hall–Kier alpha value is -2.02. The highest BCUT2D eigenvalue weighted by Crippen LogP contribution is 2.29. The molecule has 2 aliphatic rings. The fourth-order valence-corrected chi connectivity index (χ4v) is 3.01. The van der Waals surface area contributed by atoms with Crippen LogP contribution in [-0.4, -0.2) is 47.6 Å². The fraction of sp³-hybridized carbons (Fsp3) is 0.467. The van der Waals surface area contributed by atoms with Gasteiger partial charge in [-0.05, 0) is 18.6 Å². The van der Waals surface area contributed by atoms with E-state index in [-0.39, 0.29) is 37.0 Å². The molecule has 3 rings (SSSR count). The molecule has 1 aromatic rings. The van der Waals surface area contributed by atoms with E-state index in [2.05, 4.69) is 0 Å². The average molecular weight is 310 g/mol. The molecule has 2 amide bonds. The molecule has 1 N–H and O–H groups in total. The van der Waals surface area contributed by atoms with Crippen molar-refractivity contribution in [2.24, 2.45) is 5.92 Å². The van der Waals surface area contributed by atoms with Crippen molar-refractivity contribution in [1.29, 1.82) is 0 Å². The van der Waals surface area contributed by atoms with Crippen molar-refractivity contribution < 1.29 is 23.5 Å². The van der Waals surface area contributed by atoms with Gasteiger partial charge in [0.1, 0.15) is 11.6 Å². The topological polar surface area (TPSA) is 60.9 Å². The van der Waals surface area contributed by atoms with Crippen LogP contribution in [0.1, 0.15) is 12.8 Å². The van der Waals surface area contributed by atoms with Gasteiger partial charge in [-0.1, -0.05) is 0 Å². The Balaban J connectivity index is 1.74. The first kappa shape index (κ1) is 14.9. The minimum absolute atomic E-state index is 0.00223. The summed E-state index contributed by atoms with van der Waals surface area (Å²) in [6, 6.07) is 3.00. The van der Waals surface area contributed by atoms with Gasteiger partial charge in [0.2, 0.25) is 11.8 Å². The standard InChI is InChI=1S/C15H16F2N2O3/c16-10-1-2-13(12(17)6-10)19-7-9(5-14(19)21)15(22)18-4-3-11(20)8-18/h1-2,6,9,11,20H,3-5,7-8H2/t9?,11-/m0/s1. The third kappa shape index (κ3) is 2.68. The molecule has 0 bridgehead atoms. The van der Waals surface area contributed by atoms with E-state index in [9.17, 15) is 23.5 Å². The Morgan fingerprint density at radius 1 is 1.27 bits per heavy atom. The number of hydrogen-bond acceptors (Lipinski definition) is 3. The van der Waals surface area contributed by atoms with Crippen molar-refractivity contribution in [2.45, 2.75) is 18.9 Å². The second kappa shape index (κ2) is 5.64. The summed E-state index contributed by atoms with van der Waals surface area (Å²) < 4.78 is 26.7. The lowest BCUT2D eigenvalue weighted by Crippen LogP contribution is -2.36. The maximum absolute atomic E-state index is 13.8. The highest BCUT2D eigenvalue weighted by atomic mass is 19.1. The Bertz CT molecular complexity index is 623. The molecule has 0 aromatic heterocycles. The number of likely N-dealkylation sites (tertiary alicyclic amines) is 1. The zero-order valence-corrected chi connectivity index (χ0v) is 11.8. The van der Waals surface area contributed by atoms with Gasteiger partial charge in [-0.25, -0.2) is 8.78 Å². The number of carbonyl (C=O) groups excluding carboxylic acids is 2. The molecule has 2 saturated heterocycles. The Morgan fingerprint density at radius 3 is 2.68 bits per heavy atom. The first-order chi connectivity index (χ1) is 10.5. The number of aliphatic hydroxyl groups excluding tert-OH is 1. The predicted molar refractivity (Wildman–Crippen MR) is 74.0 cm³/mol. The fourth-order valence-electron chi connectivity index (χ4n) is 3.01. The number of carbonyl (C=O) groups is 2. The van der Waals surface area contributed by atoms with Crippen molar-refractivity contribution in [3.63, 3.8) is 0 Å². The number of nitrogens with zero attached hydrogens (tertiary/aromatic N) is 2. The Labute approximate surface area is 126 Å². The maximum Gasteiger partial charge on any atom is 0.228 e. The van der Waals surface area contributed by atoms with Crippen LogP contribution in [0, 0.1) is 17.6 Å². The normalized spacial score (nSPS) is 25.1. The Morgan fingerprint density at radius 2 is 2.05 bits per heavy atom. The first-order valence-corrected chi connectivity index (χ1v) is 7.18. The molecule has 0 radical (unpaired) electrons. The monoisotopic (exact) mass is 310 g/mol. The number of aliphatic hydroxyl groups is 1. The van der Waals surface area contributed by atoms with E-state index >= 15 is 0 Å². The van der Waals surface area contributed by atoms with Crippen molar-refractivity contribution in [3.8, 4) is 0 Å². The molecule has 22 heavy (non-hydrogen) atoms. The summed E-state index contributed by atoms with van der Waals surface area (Å²) in [5, 5.41) is 9.48. The predicted octanol–water partition coefficient (Wildman–Crippen LogP) is 0.911. The number of anilines is 1. The minimum Gasteiger partial charge on any atom is -0.391 e. The zero-order chi connectivity index (χ0) is 15.9. The van der Waals surface area contributed by atoms with Crippen molar-refractivity contribution in [2.75, 3.05) is 24.5 Å². The molecule has 2 fully saturated rings. The van der Waals surface area contributed by atoms with Crippen LogP contribution in [0.15, 0.2) is 18.2 Å². The summed E-state index contributed by atoms with van der Waals surface area (Å²) in [6.45, 7) is 0.816. The molecular weight excluding hydrogens is 294 g/mol. The molecule has 7 heteroatoms. The largest absolute Gasteiger partial charge is 0.391 e. The number of β-amino-alcohol motifs (C(OH)–C–C–N with tert-alkyl or cyclic N) is 1. The highest BCUT2D eigenvalue weighted by Gasteiger charge is 2.39. The van der Waals surface area contributed by atoms with E-state index < -0.39 is 23.7 Å². The lowest BCUT2D eigenvalue weighted by atomic mass is 10.1. The van der Waals surface area contributed by atoms with Crippen molar-refractivity contribution >= 4 is 17.5 Å². The van der Waals surface area contributed by atoms with Gasteiger partial charge in [-0.2, -0.15) is 0 Å². The third-order valence-corrected chi connectivity index (χ3v) is 4.15. The van der Waals surface area contributed by atoms with Gasteiger partial charge in [0.25, 0.3) is 0 Å². The molecule has 1 aromatic carbocycles. The summed E-state index contributed by atoms with van der Waals surface area (Å²) in [5.41, 5.74) is -0.0110. The van der Waals surface area contributed by atoms with Crippen LogP contribution in [0.5, 0.6) is 0 Å². The van der Waals surface area contributed by atoms with E-state index in [4.69, 9.17) is 0 Å². The van der Waals surface area contributed by atoms with Crippen LogP contribution in [0.3, 0.4) is 0 Å². The van der Waals surface area contributed by atoms with Crippen LogP contribution in [0.25, 0.3) is 0 Å². The molecular formula is C15H16F2N2O3. The van der Waals surface area contributed by atoms with Crippen LogP contribution in [-0.2, 0) is 9.59 Å². The molecule has 2 atom stereocenters. The van der Waals surface area contributed by atoms with Gasteiger partial charge in [-0.3, -0.25) is 9.59 Å². The molecule has 0 aliphatic carbocycles. The van der Waals surface area contributed by atoms with Crippen molar-refractivity contribution in [1.82, 2.24) is 4.90 Å². The van der Waals surface area contributed by atoms with Crippen LogP contribution in [0.4, 0.5) is 14.5 Å². The summed E-state index contributed by atoms with van der Waals surface area (Å²) >= 11 is 0. The lowest BCUT2D eigenvalue weighted by molar-refractivity contribution is -0.135. The third-order valence-electron chi connectivity index (χ3n) is 4.15. The van der Waals surface area contributed by atoms with Crippen LogP contribution >= 0.6 is 0 Å². The lowest BCUT2D eigenvalue weighted by Gasteiger charge is -2.21. The smallest absolute Gasteiger partial charge is 0.228 e. The van der Waals surface area contributed by atoms with Gasteiger partial charge in [0.05, 0.1) is 17.7 Å². The minimum atomic E-state index is -0.821. The summed E-state index contributed by atoms with van der Waals surface area (Å²) in [4.78, 5) is 27.1. The number of amides is 2. The van der Waals surface area contributed by atoms with E-state index in [0.717, 1.165) is 6.07 Å². The number of benzene rings is 1. The second-order valence-corrected chi connectivity index (χ2v) is 5.73. The summed E-state index contributed by atoms with van der Waals surface area (Å²) in [6.07, 6.45) is 0.0111. The van der Waals surface area contributed by atoms with Crippen LogP contribution in [0.2, 0.25) is 0 Å². The first-order valence-electron chi connectivity index (χ1n) is 7.18. The average Bonchev–Trinajstić information content (AvgIpc) is 3.05.